The quantitative estimate of drug-likeness (QED) is 0.296. The minimum atomic E-state index is -4.65. The van der Waals surface area contributed by atoms with Gasteiger partial charge in [-0.1, -0.05) is 38.1 Å². The summed E-state index contributed by atoms with van der Waals surface area (Å²) in [6.07, 6.45) is -1.47. The van der Waals surface area contributed by atoms with Crippen LogP contribution in [-0.2, 0) is 18.1 Å². The number of alkyl halides is 3. The highest BCUT2D eigenvalue weighted by atomic mass is 19.4. The summed E-state index contributed by atoms with van der Waals surface area (Å²) in [7, 11) is 2.02. The van der Waals surface area contributed by atoms with Gasteiger partial charge in [-0.3, -0.25) is 9.89 Å². The summed E-state index contributed by atoms with van der Waals surface area (Å²) in [6.45, 7) is 7.10. The molecule has 3 aromatic heterocycles. The molecule has 1 fully saturated rings. The lowest BCUT2D eigenvalue weighted by molar-refractivity contribution is -0.138. The molecule has 0 saturated carbocycles. The Hall–Kier alpha value is -4.26. The normalized spacial score (nSPS) is 14.7. The third-order valence-electron chi connectivity index (χ3n) is 6.66. The van der Waals surface area contributed by atoms with Gasteiger partial charge in [0.15, 0.2) is 5.69 Å². The van der Waals surface area contributed by atoms with E-state index in [4.69, 9.17) is 4.52 Å². The van der Waals surface area contributed by atoms with Crippen molar-refractivity contribution in [1.82, 2.24) is 35.5 Å². The summed E-state index contributed by atoms with van der Waals surface area (Å²) in [5.41, 5.74) is 0.815. The molecule has 0 spiro atoms. The first kappa shape index (κ1) is 27.3. The molecule has 13 heteroatoms. The number of aromatic amines is 1. The van der Waals surface area contributed by atoms with Gasteiger partial charge in [0.1, 0.15) is 5.76 Å². The number of carbonyl (C=O) groups is 1. The van der Waals surface area contributed by atoms with Crippen molar-refractivity contribution in [3.8, 4) is 11.3 Å². The minimum absolute atomic E-state index is 0.00114. The van der Waals surface area contributed by atoms with Crippen molar-refractivity contribution in [2.75, 3.05) is 25.5 Å². The van der Waals surface area contributed by atoms with E-state index >= 15 is 0 Å². The van der Waals surface area contributed by atoms with Crippen molar-refractivity contribution < 1.29 is 22.5 Å². The van der Waals surface area contributed by atoms with Crippen LogP contribution in [0.4, 0.5) is 24.8 Å². The molecule has 4 heterocycles. The fourth-order valence-electron chi connectivity index (χ4n) is 4.44. The molecule has 1 amide bonds. The molecule has 210 valence electrons. The van der Waals surface area contributed by atoms with Crippen LogP contribution in [0.1, 0.15) is 59.8 Å². The standard InChI is InChI=1S/C27H29F3N8O2/c1-26(2,3)22-10-20(37-40-22)24(39)32-11-16-6-5-15(9-18(16)27(28,29)30)19-7-8-31-25(34-19)35-21-12-33-36-23(21)17-13-38(4)14-17/h5-10,12,17H,11,13-14H2,1-4H3,(H,32,39)(H,33,36)(H,31,34,35). The molecule has 1 aromatic carbocycles. The molecule has 0 bridgehead atoms. The van der Waals surface area contributed by atoms with E-state index in [0.29, 0.717) is 11.5 Å². The Labute approximate surface area is 228 Å². The number of hydrogen-bond donors (Lipinski definition) is 3. The maximum Gasteiger partial charge on any atom is 0.416 e. The zero-order chi connectivity index (χ0) is 28.7. The highest BCUT2D eigenvalue weighted by Gasteiger charge is 2.34. The molecule has 5 rings (SSSR count). The van der Waals surface area contributed by atoms with E-state index in [1.165, 1.54) is 30.5 Å². The van der Waals surface area contributed by atoms with E-state index in [1.807, 2.05) is 27.8 Å². The van der Waals surface area contributed by atoms with Gasteiger partial charge in [-0.15, -0.1) is 0 Å². The highest BCUT2D eigenvalue weighted by molar-refractivity contribution is 5.92. The molecule has 0 aliphatic carbocycles. The predicted molar refractivity (Wildman–Crippen MR) is 141 cm³/mol. The van der Waals surface area contributed by atoms with Crippen LogP contribution in [0, 0.1) is 0 Å². The van der Waals surface area contributed by atoms with Crippen molar-refractivity contribution in [2.24, 2.45) is 0 Å². The lowest BCUT2D eigenvalue weighted by Gasteiger charge is -2.35. The van der Waals surface area contributed by atoms with Crippen LogP contribution in [0.25, 0.3) is 11.3 Å². The topological polar surface area (TPSA) is 125 Å². The lowest BCUT2D eigenvalue weighted by atomic mass is 9.93. The summed E-state index contributed by atoms with van der Waals surface area (Å²) in [6, 6.07) is 6.91. The van der Waals surface area contributed by atoms with Gasteiger partial charge in [0.05, 0.1) is 22.6 Å². The molecular weight excluding hydrogens is 525 g/mol. The van der Waals surface area contributed by atoms with Crippen LogP contribution in [0.2, 0.25) is 0 Å². The SMILES string of the molecule is CN1CC(c2n[nH]cc2Nc2nccc(-c3ccc(CNC(=O)c4cc(C(C)(C)C)on4)c(C(F)(F)F)c3)n2)C1. The number of amides is 1. The number of anilines is 2. The molecule has 4 aromatic rings. The summed E-state index contributed by atoms with van der Waals surface area (Å²) in [5.74, 6) is 0.376. The number of likely N-dealkylation sites (tertiary alicyclic amines) is 1. The number of nitrogens with zero attached hydrogens (tertiary/aromatic N) is 5. The Morgan fingerprint density at radius 3 is 2.62 bits per heavy atom. The summed E-state index contributed by atoms with van der Waals surface area (Å²) in [4.78, 5) is 23.4. The molecule has 1 aliphatic heterocycles. The predicted octanol–water partition coefficient (Wildman–Crippen LogP) is 4.87. The minimum Gasteiger partial charge on any atom is -0.360 e. The summed E-state index contributed by atoms with van der Waals surface area (Å²) >= 11 is 0. The molecule has 0 radical (unpaired) electrons. The van der Waals surface area contributed by atoms with E-state index in [-0.39, 0.29) is 40.6 Å². The van der Waals surface area contributed by atoms with Gasteiger partial charge in [-0.25, -0.2) is 9.97 Å². The maximum atomic E-state index is 14.0. The van der Waals surface area contributed by atoms with Crippen molar-refractivity contribution in [2.45, 2.75) is 44.8 Å². The van der Waals surface area contributed by atoms with Crippen LogP contribution in [-0.4, -0.2) is 56.3 Å². The van der Waals surface area contributed by atoms with E-state index < -0.39 is 17.6 Å². The first-order chi connectivity index (χ1) is 18.9. The average Bonchev–Trinajstić information content (AvgIpc) is 3.55. The van der Waals surface area contributed by atoms with Gasteiger partial charge < -0.3 is 20.1 Å². The molecule has 1 aliphatic rings. The van der Waals surface area contributed by atoms with Crippen molar-refractivity contribution >= 4 is 17.5 Å². The zero-order valence-electron chi connectivity index (χ0n) is 22.4. The fourth-order valence-corrected chi connectivity index (χ4v) is 4.44. The molecule has 1 saturated heterocycles. The van der Waals surface area contributed by atoms with Gasteiger partial charge in [-0.05, 0) is 24.7 Å². The largest absolute Gasteiger partial charge is 0.416 e. The first-order valence-electron chi connectivity index (χ1n) is 12.7. The number of carbonyl (C=O) groups excluding carboxylic acids is 1. The van der Waals surface area contributed by atoms with E-state index in [9.17, 15) is 18.0 Å². The van der Waals surface area contributed by atoms with Crippen LogP contribution < -0.4 is 10.6 Å². The third kappa shape index (κ3) is 5.83. The molecule has 0 unspecified atom stereocenters. The van der Waals surface area contributed by atoms with Gasteiger partial charge in [-0.2, -0.15) is 18.3 Å². The first-order valence-corrected chi connectivity index (χ1v) is 12.7. The average molecular weight is 555 g/mol. The fraction of sp³-hybridized carbons (Fsp3) is 0.370. The van der Waals surface area contributed by atoms with Gasteiger partial charge in [0, 0.05) is 55.0 Å². The van der Waals surface area contributed by atoms with E-state index in [1.54, 1.807) is 6.20 Å². The highest BCUT2D eigenvalue weighted by Crippen LogP contribution is 2.35. The van der Waals surface area contributed by atoms with Gasteiger partial charge >= 0.3 is 6.18 Å². The number of hydrogen-bond acceptors (Lipinski definition) is 8. The van der Waals surface area contributed by atoms with Crippen LogP contribution >= 0.6 is 0 Å². The number of rotatable bonds is 7. The zero-order valence-corrected chi connectivity index (χ0v) is 22.4. The van der Waals surface area contributed by atoms with Crippen LogP contribution in [0.15, 0.2) is 47.2 Å². The number of likely N-dealkylation sites (N-methyl/N-ethyl adjacent to an activating group) is 1. The second-order valence-corrected chi connectivity index (χ2v) is 10.9. The third-order valence-corrected chi connectivity index (χ3v) is 6.66. The Bertz CT molecular complexity index is 1520. The second-order valence-electron chi connectivity index (χ2n) is 10.9. The summed E-state index contributed by atoms with van der Waals surface area (Å²) < 4.78 is 47.3. The maximum absolute atomic E-state index is 14.0. The number of H-pyrrole nitrogens is 1. The van der Waals surface area contributed by atoms with Crippen LogP contribution in [0.5, 0.6) is 0 Å². The van der Waals surface area contributed by atoms with Crippen molar-refractivity contribution in [3.05, 3.63) is 71.0 Å². The van der Waals surface area contributed by atoms with Gasteiger partial charge in [0.25, 0.3) is 5.91 Å². The van der Waals surface area contributed by atoms with E-state index in [0.717, 1.165) is 30.5 Å². The second kappa shape index (κ2) is 10.4. The smallest absolute Gasteiger partial charge is 0.360 e. The van der Waals surface area contributed by atoms with Crippen LogP contribution in [0.3, 0.4) is 0 Å². The van der Waals surface area contributed by atoms with Crippen molar-refractivity contribution in [3.63, 3.8) is 0 Å². The Kier molecular flexibility index (Phi) is 7.08. The van der Waals surface area contributed by atoms with Gasteiger partial charge in [0.2, 0.25) is 5.95 Å². The number of nitrogens with one attached hydrogen (secondary N) is 3. The molecule has 3 N–H and O–H groups in total. The molecule has 0 atom stereocenters. The Balaban J connectivity index is 1.34. The number of benzene rings is 1. The molecule has 10 nitrogen and oxygen atoms in total. The lowest BCUT2D eigenvalue weighted by Crippen LogP contribution is -2.42. The number of halogens is 3. The van der Waals surface area contributed by atoms with E-state index in [2.05, 4.69) is 40.9 Å². The Morgan fingerprint density at radius 1 is 1.18 bits per heavy atom. The molecule has 40 heavy (non-hydrogen) atoms. The molecular formula is C27H29F3N8O2. The van der Waals surface area contributed by atoms with Crippen molar-refractivity contribution in [1.29, 1.82) is 0 Å². The summed E-state index contributed by atoms with van der Waals surface area (Å²) in [5, 5.41) is 16.5. The Morgan fingerprint density at radius 2 is 1.95 bits per heavy atom. The monoisotopic (exact) mass is 554 g/mol. The number of aromatic nitrogens is 5.